The van der Waals surface area contributed by atoms with Crippen LogP contribution < -0.4 is 5.32 Å². The topological polar surface area (TPSA) is 75.9 Å². The van der Waals surface area contributed by atoms with Crippen molar-refractivity contribution in [2.24, 2.45) is 7.05 Å². The summed E-state index contributed by atoms with van der Waals surface area (Å²) in [5.41, 5.74) is 0.699. The number of carbonyl (C=O) groups excluding carboxylic acids is 1. The maximum atomic E-state index is 12.6. The van der Waals surface area contributed by atoms with Crippen LogP contribution in [0.5, 0.6) is 0 Å². The summed E-state index contributed by atoms with van der Waals surface area (Å²) < 4.78 is 2.07. The van der Waals surface area contributed by atoms with E-state index in [0.717, 1.165) is 67.9 Å². The molecule has 7 nitrogen and oxygen atoms in total. The third-order valence-electron chi connectivity index (χ3n) is 5.14. The number of rotatable bonds is 4. The zero-order valence-electron chi connectivity index (χ0n) is 15.4. The van der Waals surface area contributed by atoms with Crippen molar-refractivity contribution < 1.29 is 4.79 Å². The third kappa shape index (κ3) is 4.44. The molecule has 2 aliphatic heterocycles. The van der Waals surface area contributed by atoms with Gasteiger partial charge < -0.3 is 14.8 Å². The molecule has 4 rings (SSSR count). The average Bonchev–Trinajstić information content (AvgIpc) is 3.33. The normalized spacial score (nSPS) is 17.7. The number of likely N-dealkylation sites (tertiary alicyclic amines) is 1. The summed E-state index contributed by atoms with van der Waals surface area (Å²) >= 11 is 1.47. The molecule has 0 spiro atoms. The lowest BCUT2D eigenvalue weighted by atomic mass is 9.97. The van der Waals surface area contributed by atoms with E-state index in [1.807, 2.05) is 18.0 Å². The van der Waals surface area contributed by atoms with Gasteiger partial charge in [0.25, 0.3) is 5.91 Å². The number of aromatic nitrogens is 4. The number of carbonyl (C=O) groups is 1. The first-order valence-corrected chi connectivity index (χ1v) is 10.1. The molecule has 0 atom stereocenters. The molecule has 0 radical (unpaired) electrons. The first kappa shape index (κ1) is 20.1. The van der Waals surface area contributed by atoms with Gasteiger partial charge >= 0.3 is 0 Å². The van der Waals surface area contributed by atoms with Crippen LogP contribution in [0.1, 0.15) is 47.8 Å². The minimum absolute atomic E-state index is 0. The fraction of sp³-hybridized carbons (Fsp3) is 0.556. The molecule has 2 fully saturated rings. The molecule has 9 heteroatoms. The molecular weight excluding hydrogens is 384 g/mol. The summed E-state index contributed by atoms with van der Waals surface area (Å²) in [4.78, 5) is 18.9. The Hall–Kier alpha value is -1.64. The molecule has 2 aliphatic rings. The highest BCUT2D eigenvalue weighted by molar-refractivity contribution is 7.99. The van der Waals surface area contributed by atoms with Gasteiger partial charge in [-0.2, -0.15) is 0 Å². The molecule has 0 bridgehead atoms. The van der Waals surface area contributed by atoms with E-state index in [9.17, 15) is 4.79 Å². The van der Waals surface area contributed by atoms with Gasteiger partial charge in [0.2, 0.25) is 0 Å². The number of hydrogen-bond acceptors (Lipinski definition) is 6. The number of piperidine rings is 1. The molecule has 2 aromatic heterocycles. The van der Waals surface area contributed by atoms with Crippen molar-refractivity contribution in [3.05, 3.63) is 29.7 Å². The molecule has 27 heavy (non-hydrogen) atoms. The smallest absolute Gasteiger partial charge is 0.254 e. The predicted octanol–water partition coefficient (Wildman–Crippen LogP) is 2.49. The van der Waals surface area contributed by atoms with Crippen molar-refractivity contribution in [2.45, 2.75) is 41.8 Å². The summed E-state index contributed by atoms with van der Waals surface area (Å²) in [7, 11) is 2.01. The number of halogens is 1. The van der Waals surface area contributed by atoms with Crippen molar-refractivity contribution in [2.75, 3.05) is 26.2 Å². The lowest BCUT2D eigenvalue weighted by molar-refractivity contribution is 0.0792. The van der Waals surface area contributed by atoms with E-state index in [1.165, 1.54) is 11.8 Å². The lowest BCUT2D eigenvalue weighted by Gasteiger charge is -2.21. The maximum Gasteiger partial charge on any atom is 0.254 e. The minimum Gasteiger partial charge on any atom is -0.339 e. The highest BCUT2D eigenvalue weighted by atomic mass is 35.5. The summed E-state index contributed by atoms with van der Waals surface area (Å²) in [5.74, 6) is 1.59. The molecule has 0 aromatic carbocycles. The zero-order valence-corrected chi connectivity index (χ0v) is 17.1. The Balaban J connectivity index is 0.00000210. The van der Waals surface area contributed by atoms with Crippen LogP contribution in [0, 0.1) is 0 Å². The van der Waals surface area contributed by atoms with Crippen LogP contribution in [0.25, 0.3) is 0 Å². The van der Waals surface area contributed by atoms with Gasteiger partial charge in [-0.1, -0.05) is 0 Å². The van der Waals surface area contributed by atoms with E-state index < -0.39 is 0 Å². The van der Waals surface area contributed by atoms with Crippen LogP contribution in [0.4, 0.5) is 0 Å². The largest absolute Gasteiger partial charge is 0.339 e. The Morgan fingerprint density at radius 2 is 1.96 bits per heavy atom. The summed E-state index contributed by atoms with van der Waals surface area (Å²) in [5, 5.41) is 13.8. The van der Waals surface area contributed by atoms with Crippen molar-refractivity contribution in [1.29, 1.82) is 0 Å². The van der Waals surface area contributed by atoms with Gasteiger partial charge in [0, 0.05) is 37.8 Å². The van der Waals surface area contributed by atoms with Crippen LogP contribution in [0.2, 0.25) is 0 Å². The van der Waals surface area contributed by atoms with Gasteiger partial charge in [-0.3, -0.25) is 4.79 Å². The molecule has 0 unspecified atom stereocenters. The van der Waals surface area contributed by atoms with Gasteiger partial charge in [0.05, 0.1) is 0 Å². The molecule has 0 saturated carbocycles. The van der Waals surface area contributed by atoms with E-state index >= 15 is 0 Å². The zero-order chi connectivity index (χ0) is 17.9. The Morgan fingerprint density at radius 1 is 1.22 bits per heavy atom. The fourth-order valence-corrected chi connectivity index (χ4v) is 4.44. The van der Waals surface area contributed by atoms with Gasteiger partial charge in [-0.25, -0.2) is 4.98 Å². The number of nitrogens with zero attached hydrogens (tertiary/aromatic N) is 5. The monoisotopic (exact) mass is 408 g/mol. The Bertz CT molecular complexity index is 786. The quantitative estimate of drug-likeness (QED) is 0.837. The second kappa shape index (κ2) is 9.03. The molecule has 146 valence electrons. The SMILES string of the molecule is Cl.Cn1c(Sc2cc(C(=O)N3CCCC3)ccn2)nnc1C1CCNCC1. The number of amides is 1. The predicted molar refractivity (Wildman–Crippen MR) is 107 cm³/mol. The van der Waals surface area contributed by atoms with Gasteiger partial charge in [-0.15, -0.1) is 22.6 Å². The minimum atomic E-state index is 0. The lowest BCUT2D eigenvalue weighted by Crippen LogP contribution is -2.28. The molecule has 0 aliphatic carbocycles. The van der Waals surface area contributed by atoms with Crippen LogP contribution >= 0.6 is 24.2 Å². The van der Waals surface area contributed by atoms with Crippen LogP contribution in [-0.4, -0.2) is 56.7 Å². The molecule has 1 amide bonds. The first-order chi connectivity index (χ1) is 12.7. The highest BCUT2D eigenvalue weighted by Crippen LogP contribution is 2.29. The van der Waals surface area contributed by atoms with Crippen molar-refractivity contribution in [3.8, 4) is 0 Å². The molecule has 2 aromatic rings. The van der Waals surface area contributed by atoms with Crippen LogP contribution in [0.3, 0.4) is 0 Å². The first-order valence-electron chi connectivity index (χ1n) is 9.25. The molecular formula is C18H25ClN6OS. The summed E-state index contributed by atoms with van der Waals surface area (Å²) in [6.07, 6.45) is 6.08. The summed E-state index contributed by atoms with van der Waals surface area (Å²) in [6.45, 7) is 3.77. The van der Waals surface area contributed by atoms with E-state index in [-0.39, 0.29) is 18.3 Å². The van der Waals surface area contributed by atoms with Crippen LogP contribution in [0.15, 0.2) is 28.5 Å². The number of nitrogens with one attached hydrogen (secondary N) is 1. The number of hydrogen-bond donors (Lipinski definition) is 1. The van der Waals surface area contributed by atoms with Crippen LogP contribution in [-0.2, 0) is 7.05 Å². The fourth-order valence-electron chi connectivity index (χ4n) is 3.65. The highest BCUT2D eigenvalue weighted by Gasteiger charge is 2.23. The number of pyridine rings is 1. The van der Waals surface area contributed by atoms with Crippen molar-refractivity contribution >= 4 is 30.1 Å². The van der Waals surface area contributed by atoms with Crippen molar-refractivity contribution in [1.82, 2.24) is 30.0 Å². The van der Waals surface area contributed by atoms with E-state index in [0.29, 0.717) is 11.5 Å². The average molecular weight is 409 g/mol. The molecule has 1 N–H and O–H groups in total. The van der Waals surface area contributed by atoms with E-state index in [1.54, 1.807) is 12.3 Å². The second-order valence-electron chi connectivity index (χ2n) is 6.91. The third-order valence-corrected chi connectivity index (χ3v) is 6.11. The summed E-state index contributed by atoms with van der Waals surface area (Å²) in [6, 6.07) is 3.66. The Morgan fingerprint density at radius 3 is 2.70 bits per heavy atom. The van der Waals surface area contributed by atoms with E-state index in [2.05, 4.69) is 25.1 Å². The van der Waals surface area contributed by atoms with Crippen molar-refractivity contribution in [3.63, 3.8) is 0 Å². The second-order valence-corrected chi connectivity index (χ2v) is 7.90. The maximum absolute atomic E-state index is 12.6. The Labute approximate surface area is 169 Å². The van der Waals surface area contributed by atoms with Gasteiger partial charge in [0.1, 0.15) is 10.9 Å². The molecule has 4 heterocycles. The Kier molecular flexibility index (Phi) is 6.73. The standard InChI is InChI=1S/C18H24N6OS.ClH/c1-23-16(13-4-7-19-8-5-13)21-22-18(23)26-15-12-14(6-9-20-15)17(25)24-10-2-3-11-24;/h6,9,12-13,19H,2-5,7-8,10-11H2,1H3;1H. The van der Waals surface area contributed by atoms with Gasteiger partial charge in [0.15, 0.2) is 5.16 Å². The van der Waals surface area contributed by atoms with Gasteiger partial charge in [-0.05, 0) is 62.7 Å². The molecule has 2 saturated heterocycles. The van der Waals surface area contributed by atoms with E-state index in [4.69, 9.17) is 0 Å².